The van der Waals surface area contributed by atoms with Gasteiger partial charge >= 0.3 is 5.69 Å². The molecule has 0 aliphatic heterocycles. The molecule has 0 spiro atoms. The monoisotopic (exact) mass is 688 g/mol. The van der Waals surface area contributed by atoms with Gasteiger partial charge in [0.15, 0.2) is 0 Å². The predicted octanol–water partition coefficient (Wildman–Crippen LogP) is 9.89. The minimum atomic E-state index is -1.72. The third kappa shape index (κ3) is 8.01. The van der Waals surface area contributed by atoms with Crippen LogP contribution in [0.3, 0.4) is 0 Å². The molecule has 0 aromatic heterocycles. The number of nitro groups is 1. The number of aliphatic imine (C=N–C) groups is 1. The first-order chi connectivity index (χ1) is 22.7. The molecular formula is C42H60N2O6. The number of rotatable bonds is 9. The molecule has 3 aromatic carbocycles. The smallest absolute Gasteiger partial charge is 0.311 e. The minimum Gasteiger partial charge on any atom is -0.502 e. The Morgan fingerprint density at radius 1 is 0.720 bits per heavy atom. The van der Waals surface area contributed by atoms with E-state index in [4.69, 9.17) is 14.5 Å². The molecular weight excluding hydrogens is 628 g/mol. The summed E-state index contributed by atoms with van der Waals surface area (Å²) >= 11 is 0. The number of methoxy groups -OCH3 is 2. The molecule has 3 aromatic rings. The van der Waals surface area contributed by atoms with Gasteiger partial charge in [-0.25, -0.2) is 0 Å². The van der Waals surface area contributed by atoms with Gasteiger partial charge in [-0.2, -0.15) is 0 Å². The molecule has 0 heterocycles. The van der Waals surface area contributed by atoms with Gasteiger partial charge in [-0.1, -0.05) is 103 Å². The van der Waals surface area contributed by atoms with Crippen LogP contribution < -0.4 is 9.47 Å². The number of aromatic hydroxyl groups is 1. The number of ether oxygens (including phenoxy) is 2. The van der Waals surface area contributed by atoms with E-state index >= 15 is 0 Å². The van der Waals surface area contributed by atoms with Gasteiger partial charge in [-0.05, 0) is 69.0 Å². The maximum Gasteiger partial charge on any atom is 0.311 e. The van der Waals surface area contributed by atoms with E-state index in [0.29, 0.717) is 11.1 Å². The van der Waals surface area contributed by atoms with Gasteiger partial charge in [0.1, 0.15) is 17.1 Å². The van der Waals surface area contributed by atoms with Crippen molar-refractivity contribution < 1.29 is 24.6 Å². The molecule has 0 aliphatic rings. The molecule has 1 atom stereocenters. The van der Waals surface area contributed by atoms with Crippen molar-refractivity contribution in [3.8, 4) is 17.2 Å². The summed E-state index contributed by atoms with van der Waals surface area (Å²) in [7, 11) is 3.38. The Hall–Kier alpha value is -3.91. The fourth-order valence-electron chi connectivity index (χ4n) is 6.60. The number of nitrogens with zero attached hydrogens (tertiary/aromatic N) is 2. The molecule has 0 aliphatic carbocycles. The summed E-state index contributed by atoms with van der Waals surface area (Å²) in [4.78, 5) is 16.0. The Kier molecular flexibility index (Phi) is 11.4. The lowest BCUT2D eigenvalue weighted by Crippen LogP contribution is -2.44. The predicted molar refractivity (Wildman–Crippen MR) is 205 cm³/mol. The van der Waals surface area contributed by atoms with Gasteiger partial charge in [0.05, 0.1) is 25.2 Å². The lowest BCUT2D eigenvalue weighted by Gasteiger charge is -2.41. The summed E-state index contributed by atoms with van der Waals surface area (Å²) in [5.41, 5.74) is 1.76. The second-order valence-corrected chi connectivity index (χ2v) is 17.9. The van der Waals surface area contributed by atoms with E-state index < -0.39 is 28.0 Å². The Morgan fingerprint density at radius 3 is 1.36 bits per heavy atom. The summed E-state index contributed by atoms with van der Waals surface area (Å²) in [5.74, 6) is 0.857. The Bertz CT molecular complexity index is 1590. The normalized spacial score (nSPS) is 14.0. The van der Waals surface area contributed by atoms with Crippen molar-refractivity contribution in [1.82, 2.24) is 0 Å². The van der Waals surface area contributed by atoms with Crippen LogP contribution in [0.25, 0.3) is 0 Å². The van der Waals surface area contributed by atoms with Crippen LogP contribution in [0.2, 0.25) is 0 Å². The number of nitro benzene ring substituents is 1. The number of phenols is 1. The van der Waals surface area contributed by atoms with Gasteiger partial charge in [-0.15, -0.1) is 0 Å². The molecule has 2 N–H and O–H groups in total. The largest absolute Gasteiger partial charge is 0.502 e. The molecule has 8 heteroatoms. The van der Waals surface area contributed by atoms with Crippen LogP contribution in [-0.4, -0.2) is 41.6 Å². The molecule has 0 saturated carbocycles. The molecule has 0 radical (unpaired) electrons. The maximum atomic E-state index is 13.8. The molecule has 274 valence electrons. The van der Waals surface area contributed by atoms with Crippen molar-refractivity contribution in [3.63, 3.8) is 0 Å². The van der Waals surface area contributed by atoms with Crippen LogP contribution >= 0.6 is 0 Å². The molecule has 0 amide bonds. The van der Waals surface area contributed by atoms with Crippen LogP contribution in [0.4, 0.5) is 5.69 Å². The van der Waals surface area contributed by atoms with Crippen molar-refractivity contribution in [2.75, 3.05) is 14.2 Å². The average Bonchev–Trinajstić information content (AvgIpc) is 2.98. The standard InChI is InChI=1S/C42H60N2O6/c1-25(2)37(43-24-26-18-17-19-33(34(26)45)44(47)48)42(46,27-20-29(38(3,4)5)35(49-15)30(21-27)39(6,7)8)28-22-31(40(9,10)11)36(50-16)32(23-28)41(12,13)14/h17-25,37,45-46H,1-16H3. The number of phenolic OH excluding ortho intramolecular Hbond substituents is 1. The summed E-state index contributed by atoms with van der Waals surface area (Å²) in [6.45, 7) is 29.6. The molecule has 0 saturated heterocycles. The van der Waals surface area contributed by atoms with E-state index in [1.165, 1.54) is 18.3 Å². The first-order valence-electron chi connectivity index (χ1n) is 17.4. The van der Waals surface area contributed by atoms with Crippen LogP contribution in [0.15, 0.2) is 47.5 Å². The maximum absolute atomic E-state index is 13.8. The van der Waals surface area contributed by atoms with Crippen LogP contribution in [-0.2, 0) is 27.3 Å². The third-order valence-electron chi connectivity index (χ3n) is 9.37. The fourth-order valence-corrected chi connectivity index (χ4v) is 6.60. The summed E-state index contributed by atoms with van der Waals surface area (Å²) in [6.07, 6.45) is 1.44. The number of hydrogen-bond acceptors (Lipinski definition) is 7. The Labute approximate surface area is 300 Å². The van der Waals surface area contributed by atoms with Crippen LogP contribution in [0.5, 0.6) is 17.2 Å². The van der Waals surface area contributed by atoms with E-state index in [9.17, 15) is 20.3 Å². The molecule has 8 nitrogen and oxygen atoms in total. The number of aliphatic hydroxyl groups is 1. The molecule has 50 heavy (non-hydrogen) atoms. The lowest BCUT2D eigenvalue weighted by molar-refractivity contribution is -0.385. The van der Waals surface area contributed by atoms with Gasteiger partial charge < -0.3 is 19.7 Å². The molecule has 3 rings (SSSR count). The Balaban J connectivity index is 2.66. The highest BCUT2D eigenvalue weighted by atomic mass is 16.6. The topological polar surface area (TPSA) is 114 Å². The van der Waals surface area contributed by atoms with Crippen molar-refractivity contribution >= 4 is 11.9 Å². The second-order valence-electron chi connectivity index (χ2n) is 17.9. The molecule has 0 fully saturated rings. The molecule has 0 bridgehead atoms. The van der Waals surface area contributed by atoms with Crippen LogP contribution in [0, 0.1) is 16.0 Å². The first kappa shape index (κ1) is 40.5. The van der Waals surface area contributed by atoms with Gasteiger partial charge in [0.2, 0.25) is 5.75 Å². The number of para-hydroxylation sites is 1. The summed E-state index contributed by atoms with van der Waals surface area (Å²) < 4.78 is 12.2. The SMILES string of the molecule is COc1c(C(C)(C)C)cc(C(O)(c2cc(C(C)(C)C)c(OC)c(C(C)(C)C)c2)C(N=Cc2cccc([N+](=O)[O-])c2O)C(C)C)cc1C(C)(C)C. The second kappa shape index (κ2) is 14.0. The zero-order chi connectivity index (χ0) is 38.4. The molecule has 1 unspecified atom stereocenters. The summed E-state index contributed by atoms with van der Waals surface area (Å²) in [5, 5.41) is 36.3. The van der Waals surface area contributed by atoms with Crippen molar-refractivity contribution in [2.45, 2.75) is 130 Å². The van der Waals surface area contributed by atoms with E-state index in [2.05, 4.69) is 83.1 Å². The van der Waals surface area contributed by atoms with Crippen molar-refractivity contribution in [1.29, 1.82) is 0 Å². The number of benzene rings is 3. The van der Waals surface area contributed by atoms with Gasteiger partial charge in [0, 0.05) is 40.1 Å². The van der Waals surface area contributed by atoms with Crippen molar-refractivity contribution in [2.24, 2.45) is 10.9 Å². The van der Waals surface area contributed by atoms with Gasteiger partial charge in [-0.3, -0.25) is 15.1 Å². The quantitative estimate of drug-likeness (QED) is 0.131. The highest BCUT2D eigenvalue weighted by Crippen LogP contribution is 2.49. The third-order valence-corrected chi connectivity index (χ3v) is 9.37. The first-order valence-corrected chi connectivity index (χ1v) is 17.4. The van der Waals surface area contributed by atoms with E-state index in [0.717, 1.165) is 33.8 Å². The van der Waals surface area contributed by atoms with Gasteiger partial charge in [0.25, 0.3) is 0 Å². The van der Waals surface area contributed by atoms with E-state index in [-0.39, 0.29) is 33.1 Å². The van der Waals surface area contributed by atoms with E-state index in [1.54, 1.807) is 20.3 Å². The zero-order valence-corrected chi connectivity index (χ0v) is 33.2. The highest BCUT2D eigenvalue weighted by molar-refractivity contribution is 5.85. The number of hydrogen-bond donors (Lipinski definition) is 2. The zero-order valence-electron chi connectivity index (χ0n) is 33.2. The fraction of sp³-hybridized carbons (Fsp3) is 0.548. The average molecular weight is 689 g/mol. The minimum absolute atomic E-state index is 0.188. The van der Waals surface area contributed by atoms with Crippen LogP contribution in [0.1, 0.15) is 136 Å². The lowest BCUT2D eigenvalue weighted by atomic mass is 9.69. The Morgan fingerprint density at radius 2 is 1.08 bits per heavy atom. The van der Waals surface area contributed by atoms with Crippen molar-refractivity contribution in [3.05, 3.63) is 91.5 Å². The summed E-state index contributed by atoms with van der Waals surface area (Å²) in [6, 6.07) is 11.7. The highest BCUT2D eigenvalue weighted by Gasteiger charge is 2.45. The van der Waals surface area contributed by atoms with E-state index in [1.807, 2.05) is 38.1 Å².